The van der Waals surface area contributed by atoms with Crippen molar-refractivity contribution in [2.75, 3.05) is 6.61 Å². The highest BCUT2D eigenvalue weighted by molar-refractivity contribution is 6.32. The fraction of sp³-hybridized carbons (Fsp3) is 0.647. The number of hydrogen-bond donors (Lipinski definition) is 0. The van der Waals surface area contributed by atoms with Crippen LogP contribution < -0.4 is 4.74 Å². The summed E-state index contributed by atoms with van der Waals surface area (Å²) >= 11 is 6.37. The number of hydrogen-bond acceptors (Lipinski definition) is 1. The molecule has 0 aliphatic heterocycles. The van der Waals surface area contributed by atoms with Crippen molar-refractivity contribution in [3.05, 3.63) is 28.3 Å². The predicted octanol–water partition coefficient (Wildman–Crippen LogP) is 5.20. The van der Waals surface area contributed by atoms with Gasteiger partial charge in [0.05, 0.1) is 11.6 Å². The van der Waals surface area contributed by atoms with Crippen LogP contribution in [0.4, 0.5) is 0 Å². The van der Waals surface area contributed by atoms with E-state index in [1.807, 2.05) is 6.07 Å². The van der Waals surface area contributed by atoms with E-state index in [0.29, 0.717) is 11.8 Å². The van der Waals surface area contributed by atoms with E-state index < -0.39 is 0 Å². The lowest BCUT2D eigenvalue weighted by molar-refractivity contribution is 0.293. The molecule has 0 amide bonds. The smallest absolute Gasteiger partial charge is 0.141 e. The lowest BCUT2D eigenvalue weighted by Crippen LogP contribution is -2.16. The van der Waals surface area contributed by atoms with Crippen LogP contribution in [-0.2, 0) is 6.42 Å². The normalized spacial score (nSPS) is 22.4. The third-order valence-electron chi connectivity index (χ3n) is 4.56. The van der Waals surface area contributed by atoms with Crippen LogP contribution in [0, 0.1) is 11.8 Å². The van der Waals surface area contributed by atoms with Crippen molar-refractivity contribution in [3.8, 4) is 5.75 Å². The second-order valence-electron chi connectivity index (χ2n) is 6.44. The molecule has 0 heterocycles. The Balaban J connectivity index is 1.91. The van der Waals surface area contributed by atoms with Crippen molar-refractivity contribution in [3.63, 3.8) is 0 Å². The van der Waals surface area contributed by atoms with Gasteiger partial charge in [-0.25, -0.2) is 0 Å². The van der Waals surface area contributed by atoms with Gasteiger partial charge in [-0.3, -0.25) is 0 Å². The van der Waals surface area contributed by atoms with Crippen LogP contribution in [0.5, 0.6) is 5.75 Å². The Morgan fingerprint density at radius 3 is 2.74 bits per heavy atom. The van der Waals surface area contributed by atoms with Crippen LogP contribution in [0.1, 0.15) is 56.6 Å². The molecule has 1 atom stereocenters. The third-order valence-corrected chi connectivity index (χ3v) is 4.85. The molecule has 2 aliphatic rings. The average molecular weight is 279 g/mol. The first-order valence-electron chi connectivity index (χ1n) is 7.61. The zero-order valence-electron chi connectivity index (χ0n) is 11.9. The first kappa shape index (κ1) is 13.3. The van der Waals surface area contributed by atoms with E-state index in [1.54, 1.807) is 0 Å². The fourth-order valence-corrected chi connectivity index (χ4v) is 3.44. The van der Waals surface area contributed by atoms with Crippen LogP contribution >= 0.6 is 11.6 Å². The molecule has 1 fully saturated rings. The van der Waals surface area contributed by atoms with Crippen molar-refractivity contribution in [2.24, 2.45) is 11.8 Å². The molecule has 1 aromatic rings. The Bertz CT molecular complexity index is 463. The number of halogens is 1. The highest BCUT2D eigenvalue weighted by Gasteiger charge is 2.28. The van der Waals surface area contributed by atoms with Gasteiger partial charge in [-0.05, 0) is 67.1 Å². The second kappa shape index (κ2) is 5.36. The molecule has 3 rings (SSSR count). The molecule has 2 aliphatic carbocycles. The minimum absolute atomic E-state index is 0.671. The Morgan fingerprint density at radius 2 is 2.05 bits per heavy atom. The molecule has 1 unspecified atom stereocenters. The van der Waals surface area contributed by atoms with Gasteiger partial charge in [0.2, 0.25) is 0 Å². The summed E-state index contributed by atoms with van der Waals surface area (Å²) in [4.78, 5) is 0. The summed E-state index contributed by atoms with van der Waals surface area (Å²) < 4.78 is 6.06. The molecule has 0 spiro atoms. The molecule has 0 aromatic heterocycles. The summed E-state index contributed by atoms with van der Waals surface area (Å²) in [5.41, 5.74) is 2.87. The molecule has 0 bridgehead atoms. The van der Waals surface area contributed by atoms with Gasteiger partial charge in [-0.2, -0.15) is 0 Å². The maximum atomic E-state index is 6.37. The molecular weight excluding hydrogens is 256 g/mol. The van der Waals surface area contributed by atoms with Gasteiger partial charge in [-0.15, -0.1) is 0 Å². The molecule has 104 valence electrons. The Labute approximate surface area is 121 Å². The van der Waals surface area contributed by atoms with Crippen molar-refractivity contribution < 1.29 is 4.74 Å². The molecular formula is C17H23ClO. The largest absolute Gasteiger partial charge is 0.491 e. The predicted molar refractivity (Wildman–Crippen MR) is 80.2 cm³/mol. The van der Waals surface area contributed by atoms with Gasteiger partial charge < -0.3 is 4.74 Å². The van der Waals surface area contributed by atoms with Crippen LogP contribution in [0.3, 0.4) is 0 Å². The van der Waals surface area contributed by atoms with E-state index in [1.165, 1.54) is 36.8 Å². The minimum atomic E-state index is 0.671. The molecule has 1 aromatic carbocycles. The summed E-state index contributed by atoms with van der Waals surface area (Å²) in [6, 6.07) is 4.26. The molecule has 0 saturated heterocycles. The molecule has 19 heavy (non-hydrogen) atoms. The van der Waals surface area contributed by atoms with Gasteiger partial charge in [0, 0.05) is 0 Å². The van der Waals surface area contributed by atoms with E-state index in [9.17, 15) is 0 Å². The van der Waals surface area contributed by atoms with Crippen molar-refractivity contribution >= 4 is 11.6 Å². The van der Waals surface area contributed by atoms with Crippen LogP contribution in [0.15, 0.2) is 12.1 Å². The second-order valence-corrected chi connectivity index (χ2v) is 6.85. The zero-order chi connectivity index (χ0) is 13.4. The van der Waals surface area contributed by atoms with Gasteiger partial charge >= 0.3 is 0 Å². The van der Waals surface area contributed by atoms with E-state index in [2.05, 4.69) is 19.9 Å². The topological polar surface area (TPSA) is 9.23 Å². The van der Waals surface area contributed by atoms with E-state index in [4.69, 9.17) is 16.3 Å². The monoisotopic (exact) mass is 278 g/mol. The van der Waals surface area contributed by atoms with Crippen LogP contribution in [0.25, 0.3) is 0 Å². The Morgan fingerprint density at radius 1 is 1.26 bits per heavy atom. The third kappa shape index (κ3) is 2.76. The van der Waals surface area contributed by atoms with Crippen molar-refractivity contribution in [1.29, 1.82) is 0 Å². The number of ether oxygens (including phenoxy) is 1. The lowest BCUT2D eigenvalue weighted by atomic mass is 9.77. The Kier molecular flexibility index (Phi) is 3.75. The number of benzene rings is 1. The van der Waals surface area contributed by atoms with E-state index >= 15 is 0 Å². The fourth-order valence-electron chi connectivity index (χ4n) is 3.21. The first-order valence-corrected chi connectivity index (χ1v) is 7.98. The summed E-state index contributed by atoms with van der Waals surface area (Å²) in [6.45, 7) is 5.49. The maximum absolute atomic E-state index is 6.37. The molecule has 0 N–H and O–H groups in total. The van der Waals surface area contributed by atoms with Gasteiger partial charge in [-0.1, -0.05) is 31.5 Å². The molecule has 1 nitrogen and oxygen atoms in total. The van der Waals surface area contributed by atoms with Crippen molar-refractivity contribution in [2.45, 2.75) is 51.9 Å². The molecule has 0 radical (unpaired) electrons. The number of fused-ring (bicyclic) bond motifs is 1. The van der Waals surface area contributed by atoms with Crippen LogP contribution in [0.2, 0.25) is 5.02 Å². The van der Waals surface area contributed by atoms with E-state index in [0.717, 1.165) is 29.7 Å². The van der Waals surface area contributed by atoms with Gasteiger partial charge in [0.25, 0.3) is 0 Å². The Hall–Kier alpha value is -0.690. The summed E-state index contributed by atoms with van der Waals surface area (Å²) in [5.74, 6) is 3.12. The first-order chi connectivity index (χ1) is 9.16. The summed E-state index contributed by atoms with van der Waals surface area (Å²) in [6.07, 6.45) is 6.33. The average Bonchev–Trinajstić information content (AvgIpc) is 3.20. The SMILES string of the molecule is CC(C)C1CCCc2c1ccc(Cl)c2OCC1CC1. The summed E-state index contributed by atoms with van der Waals surface area (Å²) in [5, 5.41) is 0.795. The van der Waals surface area contributed by atoms with Crippen molar-refractivity contribution in [1.82, 2.24) is 0 Å². The summed E-state index contributed by atoms with van der Waals surface area (Å²) in [7, 11) is 0. The molecule has 2 heteroatoms. The highest BCUT2D eigenvalue weighted by Crippen LogP contribution is 2.43. The molecule has 1 saturated carbocycles. The highest BCUT2D eigenvalue weighted by atomic mass is 35.5. The number of rotatable bonds is 4. The van der Waals surface area contributed by atoms with Gasteiger partial charge in [0.15, 0.2) is 0 Å². The van der Waals surface area contributed by atoms with Crippen LogP contribution in [-0.4, -0.2) is 6.61 Å². The minimum Gasteiger partial charge on any atom is -0.491 e. The standard InChI is InChI=1S/C17H23ClO/c1-11(2)13-4-3-5-15-14(13)8-9-16(18)17(15)19-10-12-6-7-12/h8-9,11-13H,3-7,10H2,1-2H3. The quantitative estimate of drug-likeness (QED) is 0.735. The lowest BCUT2D eigenvalue weighted by Gasteiger charge is -2.30. The maximum Gasteiger partial charge on any atom is 0.141 e. The zero-order valence-corrected chi connectivity index (χ0v) is 12.7. The van der Waals surface area contributed by atoms with Gasteiger partial charge in [0.1, 0.15) is 5.75 Å². The van der Waals surface area contributed by atoms with E-state index in [-0.39, 0.29) is 0 Å².